The van der Waals surface area contributed by atoms with Crippen molar-refractivity contribution in [2.45, 2.75) is 0 Å². The van der Waals surface area contributed by atoms with Crippen molar-refractivity contribution in [1.29, 1.82) is 0 Å². The van der Waals surface area contributed by atoms with E-state index in [1.54, 1.807) is 18.2 Å². The van der Waals surface area contributed by atoms with Gasteiger partial charge in [0.2, 0.25) is 0 Å². The first-order valence-electron chi connectivity index (χ1n) is 4.81. The third-order valence-electron chi connectivity index (χ3n) is 2.29. The van der Waals surface area contributed by atoms with Crippen LogP contribution in [0.25, 0.3) is 5.69 Å². The van der Waals surface area contributed by atoms with Crippen molar-refractivity contribution in [2.75, 3.05) is 0 Å². The van der Waals surface area contributed by atoms with Crippen LogP contribution in [0.4, 0.5) is 0 Å². The van der Waals surface area contributed by atoms with Crippen molar-refractivity contribution >= 4 is 21.9 Å². The molecule has 0 atom stereocenters. The van der Waals surface area contributed by atoms with E-state index < -0.39 is 11.5 Å². The van der Waals surface area contributed by atoms with E-state index in [0.29, 0.717) is 5.69 Å². The minimum atomic E-state index is -1.23. The number of carbonyl (C=O) groups is 1. The minimum Gasteiger partial charge on any atom is -0.477 e. The summed E-state index contributed by atoms with van der Waals surface area (Å²) >= 11 is 3.32. The van der Waals surface area contributed by atoms with Crippen LogP contribution in [0, 0.1) is 0 Å². The van der Waals surface area contributed by atoms with Crippen LogP contribution in [-0.4, -0.2) is 15.6 Å². The fourth-order valence-corrected chi connectivity index (χ4v) is 1.97. The number of carboxylic acids is 1. The van der Waals surface area contributed by atoms with Crippen LogP contribution in [0.15, 0.2) is 51.9 Å². The summed E-state index contributed by atoms with van der Waals surface area (Å²) in [7, 11) is 0. The molecule has 0 amide bonds. The van der Waals surface area contributed by atoms with E-state index in [-0.39, 0.29) is 5.56 Å². The summed E-state index contributed by atoms with van der Waals surface area (Å²) in [5.74, 6) is -1.23. The molecule has 0 radical (unpaired) electrons. The maximum Gasteiger partial charge on any atom is 0.341 e. The minimum absolute atomic E-state index is 0.247. The summed E-state index contributed by atoms with van der Waals surface area (Å²) in [5, 5.41) is 8.88. The molecule has 0 aliphatic carbocycles. The predicted octanol–water partition coefficient (Wildman–Crippen LogP) is 2.30. The van der Waals surface area contributed by atoms with Crippen LogP contribution in [0.3, 0.4) is 0 Å². The molecule has 0 saturated heterocycles. The summed E-state index contributed by atoms with van der Waals surface area (Å²) in [4.78, 5) is 22.8. The Morgan fingerprint density at radius 2 is 1.88 bits per heavy atom. The Kier molecular flexibility index (Phi) is 3.10. The first kappa shape index (κ1) is 11.6. The molecule has 0 bridgehead atoms. The second-order valence-corrected chi connectivity index (χ2v) is 4.21. The van der Waals surface area contributed by atoms with Crippen molar-refractivity contribution < 1.29 is 9.90 Å². The number of aromatic carboxylic acids is 1. The lowest BCUT2D eigenvalue weighted by Gasteiger charge is -2.08. The molecule has 0 unspecified atom stereocenters. The molecule has 5 heteroatoms. The number of para-hydroxylation sites is 1. The standard InChI is InChI=1S/C12H8BrNO3/c13-9-5-1-2-6-10(9)14-7-3-4-8(11(14)15)12(16)17/h1-7H,(H,16,17). The molecule has 0 aliphatic rings. The van der Waals surface area contributed by atoms with Gasteiger partial charge in [-0.25, -0.2) is 4.79 Å². The number of benzene rings is 1. The maximum absolute atomic E-state index is 11.9. The molecule has 0 aliphatic heterocycles. The average molecular weight is 294 g/mol. The highest BCUT2D eigenvalue weighted by atomic mass is 79.9. The summed E-state index contributed by atoms with van der Waals surface area (Å²) in [5.41, 5.74) is -0.184. The lowest BCUT2D eigenvalue weighted by molar-refractivity contribution is 0.0694. The van der Waals surface area contributed by atoms with Gasteiger partial charge in [-0.15, -0.1) is 0 Å². The predicted molar refractivity (Wildman–Crippen MR) is 66.7 cm³/mol. The molecule has 1 N–H and O–H groups in total. The molecule has 0 saturated carbocycles. The van der Waals surface area contributed by atoms with E-state index in [4.69, 9.17) is 5.11 Å². The molecule has 17 heavy (non-hydrogen) atoms. The molecular weight excluding hydrogens is 286 g/mol. The highest BCUT2D eigenvalue weighted by Gasteiger charge is 2.11. The largest absolute Gasteiger partial charge is 0.477 e. The fourth-order valence-electron chi connectivity index (χ4n) is 1.49. The zero-order valence-corrected chi connectivity index (χ0v) is 10.2. The van der Waals surface area contributed by atoms with Gasteiger partial charge < -0.3 is 5.11 Å². The highest BCUT2D eigenvalue weighted by molar-refractivity contribution is 9.10. The van der Waals surface area contributed by atoms with Gasteiger partial charge >= 0.3 is 5.97 Å². The monoisotopic (exact) mass is 293 g/mol. The van der Waals surface area contributed by atoms with E-state index in [0.717, 1.165) is 4.47 Å². The van der Waals surface area contributed by atoms with Gasteiger partial charge in [-0.2, -0.15) is 0 Å². The second-order valence-electron chi connectivity index (χ2n) is 3.35. The summed E-state index contributed by atoms with van der Waals surface area (Å²) in [6, 6.07) is 9.94. The number of hydrogen-bond acceptors (Lipinski definition) is 2. The first-order valence-corrected chi connectivity index (χ1v) is 5.60. The SMILES string of the molecule is O=C(O)c1cccn(-c2ccccc2Br)c1=O. The first-order chi connectivity index (χ1) is 8.11. The van der Waals surface area contributed by atoms with Crippen LogP contribution in [0.2, 0.25) is 0 Å². The molecule has 1 aromatic heterocycles. The van der Waals surface area contributed by atoms with Crippen molar-refractivity contribution in [1.82, 2.24) is 4.57 Å². The molecule has 86 valence electrons. The second kappa shape index (κ2) is 4.55. The number of rotatable bonds is 2. The summed E-state index contributed by atoms with van der Waals surface area (Å²) < 4.78 is 2.03. The van der Waals surface area contributed by atoms with Gasteiger partial charge in [0.1, 0.15) is 5.56 Å². The summed E-state index contributed by atoms with van der Waals surface area (Å²) in [6.07, 6.45) is 1.54. The number of pyridine rings is 1. The van der Waals surface area contributed by atoms with Gasteiger partial charge in [0.25, 0.3) is 5.56 Å². The third-order valence-corrected chi connectivity index (χ3v) is 2.96. The van der Waals surface area contributed by atoms with Crippen molar-refractivity contribution in [3.63, 3.8) is 0 Å². The lowest BCUT2D eigenvalue weighted by Crippen LogP contribution is -2.24. The van der Waals surface area contributed by atoms with Crippen LogP contribution in [0.5, 0.6) is 0 Å². The zero-order chi connectivity index (χ0) is 12.4. The normalized spacial score (nSPS) is 10.2. The number of hydrogen-bond donors (Lipinski definition) is 1. The number of nitrogens with zero attached hydrogens (tertiary/aromatic N) is 1. The molecular formula is C12H8BrNO3. The maximum atomic E-state index is 11.9. The van der Waals surface area contributed by atoms with Gasteiger partial charge in [-0.05, 0) is 40.2 Å². The van der Waals surface area contributed by atoms with Crippen LogP contribution < -0.4 is 5.56 Å². The van der Waals surface area contributed by atoms with Crippen molar-refractivity contribution in [2.24, 2.45) is 0 Å². The average Bonchev–Trinajstić information content (AvgIpc) is 2.30. The molecule has 4 nitrogen and oxygen atoms in total. The van der Waals surface area contributed by atoms with E-state index in [2.05, 4.69) is 15.9 Å². The van der Waals surface area contributed by atoms with Crippen molar-refractivity contribution in [3.8, 4) is 5.69 Å². The van der Waals surface area contributed by atoms with E-state index in [1.165, 1.54) is 22.9 Å². The van der Waals surface area contributed by atoms with E-state index >= 15 is 0 Å². The Labute approximate surface area is 105 Å². The van der Waals surface area contributed by atoms with Gasteiger partial charge in [0, 0.05) is 10.7 Å². The summed E-state index contributed by atoms with van der Waals surface area (Å²) in [6.45, 7) is 0. The van der Waals surface area contributed by atoms with Gasteiger partial charge in [-0.1, -0.05) is 12.1 Å². The quantitative estimate of drug-likeness (QED) is 0.924. The molecule has 0 fully saturated rings. The Morgan fingerprint density at radius 1 is 1.18 bits per heavy atom. The number of halogens is 1. The Morgan fingerprint density at radius 3 is 2.53 bits per heavy atom. The van der Waals surface area contributed by atoms with Gasteiger partial charge in [0.15, 0.2) is 0 Å². The molecule has 1 heterocycles. The van der Waals surface area contributed by atoms with E-state index in [9.17, 15) is 9.59 Å². The third kappa shape index (κ3) is 2.14. The zero-order valence-electron chi connectivity index (χ0n) is 8.63. The van der Waals surface area contributed by atoms with Gasteiger partial charge in [-0.3, -0.25) is 9.36 Å². The Bertz CT molecular complexity index is 634. The fraction of sp³-hybridized carbons (Fsp3) is 0. The smallest absolute Gasteiger partial charge is 0.341 e. The lowest BCUT2D eigenvalue weighted by atomic mass is 10.2. The number of carboxylic acid groups (broad SMARTS) is 1. The van der Waals surface area contributed by atoms with Crippen LogP contribution in [0.1, 0.15) is 10.4 Å². The van der Waals surface area contributed by atoms with E-state index in [1.807, 2.05) is 6.07 Å². The molecule has 1 aromatic carbocycles. The van der Waals surface area contributed by atoms with Crippen LogP contribution in [-0.2, 0) is 0 Å². The molecule has 0 spiro atoms. The topological polar surface area (TPSA) is 59.3 Å². The molecule has 2 rings (SSSR count). The highest BCUT2D eigenvalue weighted by Crippen LogP contribution is 2.18. The Balaban J connectivity index is 2.70. The Hall–Kier alpha value is -1.88. The van der Waals surface area contributed by atoms with Crippen molar-refractivity contribution in [3.05, 3.63) is 63.0 Å². The van der Waals surface area contributed by atoms with Gasteiger partial charge in [0.05, 0.1) is 5.69 Å². The van der Waals surface area contributed by atoms with Crippen LogP contribution >= 0.6 is 15.9 Å². The molecule has 2 aromatic rings. The number of aromatic nitrogens is 1.